The highest BCUT2D eigenvalue weighted by Crippen LogP contribution is 2.31. The minimum Gasteiger partial charge on any atom is -0.497 e. The van der Waals surface area contributed by atoms with Gasteiger partial charge in [-0.2, -0.15) is 5.26 Å². The second-order valence-corrected chi connectivity index (χ2v) is 4.35. The number of methoxy groups -OCH3 is 2. The van der Waals surface area contributed by atoms with Crippen LogP contribution < -0.4 is 14.8 Å². The van der Waals surface area contributed by atoms with Crippen LogP contribution in [0.1, 0.15) is 11.1 Å². The van der Waals surface area contributed by atoms with E-state index >= 15 is 0 Å². The molecule has 0 saturated carbocycles. The summed E-state index contributed by atoms with van der Waals surface area (Å²) in [5.74, 6) is 1.42. The molecule has 4 heteroatoms. The van der Waals surface area contributed by atoms with Crippen LogP contribution in [0.25, 0.3) is 0 Å². The first kappa shape index (κ1) is 13.8. The lowest BCUT2D eigenvalue weighted by Gasteiger charge is -2.14. The summed E-state index contributed by atoms with van der Waals surface area (Å²) in [6.07, 6.45) is 0. The number of hydrogen-bond donors (Lipinski definition) is 1. The molecule has 0 aliphatic heterocycles. The van der Waals surface area contributed by atoms with E-state index in [4.69, 9.17) is 9.47 Å². The summed E-state index contributed by atoms with van der Waals surface area (Å²) in [5.41, 5.74) is 3.16. The third kappa shape index (κ3) is 2.83. The van der Waals surface area contributed by atoms with Crippen LogP contribution in [0.5, 0.6) is 11.5 Å². The number of anilines is 2. The van der Waals surface area contributed by atoms with Crippen molar-refractivity contribution in [3.8, 4) is 17.6 Å². The van der Waals surface area contributed by atoms with Gasteiger partial charge in [-0.3, -0.25) is 0 Å². The molecule has 0 unspecified atom stereocenters. The third-order valence-corrected chi connectivity index (χ3v) is 2.97. The Bertz CT molecular complexity index is 660. The van der Waals surface area contributed by atoms with Crippen LogP contribution in [-0.2, 0) is 0 Å². The van der Waals surface area contributed by atoms with Crippen LogP contribution in [0.2, 0.25) is 0 Å². The molecule has 0 atom stereocenters. The molecule has 0 aliphatic carbocycles. The molecule has 0 fully saturated rings. The molecule has 0 aliphatic rings. The fraction of sp³-hybridized carbons (Fsp3) is 0.188. The standard InChI is InChI=1S/C16H16N2O2/c1-11-4-7-16(20-3)15(8-11)18-14-9-13(19-2)6-5-12(14)10-17/h4-9,18H,1-3H3. The molecule has 2 rings (SSSR count). The smallest absolute Gasteiger partial charge is 0.142 e. The molecule has 0 radical (unpaired) electrons. The van der Waals surface area contributed by atoms with Crippen molar-refractivity contribution in [2.45, 2.75) is 6.92 Å². The largest absolute Gasteiger partial charge is 0.497 e. The van der Waals surface area contributed by atoms with Gasteiger partial charge in [-0.1, -0.05) is 6.07 Å². The second-order valence-electron chi connectivity index (χ2n) is 4.35. The fourth-order valence-electron chi connectivity index (χ4n) is 1.92. The second kappa shape index (κ2) is 5.98. The molecule has 0 amide bonds. The van der Waals surface area contributed by atoms with Gasteiger partial charge in [0.25, 0.3) is 0 Å². The van der Waals surface area contributed by atoms with Crippen molar-refractivity contribution >= 4 is 11.4 Å². The summed E-state index contributed by atoms with van der Waals surface area (Å²) in [5, 5.41) is 12.4. The fourth-order valence-corrected chi connectivity index (χ4v) is 1.92. The number of hydrogen-bond acceptors (Lipinski definition) is 4. The Kier molecular flexibility index (Phi) is 4.11. The van der Waals surface area contributed by atoms with Gasteiger partial charge < -0.3 is 14.8 Å². The van der Waals surface area contributed by atoms with Crippen molar-refractivity contribution < 1.29 is 9.47 Å². The Morgan fingerprint density at radius 3 is 2.45 bits per heavy atom. The molecule has 1 N–H and O–H groups in total. The predicted molar refractivity (Wildman–Crippen MR) is 78.7 cm³/mol. The molecule has 0 bridgehead atoms. The molecule has 0 spiro atoms. The van der Waals surface area contributed by atoms with Crippen LogP contribution in [-0.4, -0.2) is 14.2 Å². The Balaban J connectivity index is 2.44. The van der Waals surface area contributed by atoms with Gasteiger partial charge >= 0.3 is 0 Å². The first-order valence-electron chi connectivity index (χ1n) is 6.17. The Morgan fingerprint density at radius 2 is 1.80 bits per heavy atom. The maximum Gasteiger partial charge on any atom is 0.142 e. The predicted octanol–water partition coefficient (Wildman–Crippen LogP) is 3.63. The maximum absolute atomic E-state index is 9.18. The van der Waals surface area contributed by atoms with Crippen molar-refractivity contribution in [3.05, 3.63) is 47.5 Å². The van der Waals surface area contributed by atoms with Crippen LogP contribution >= 0.6 is 0 Å². The highest BCUT2D eigenvalue weighted by Gasteiger charge is 2.08. The highest BCUT2D eigenvalue weighted by atomic mass is 16.5. The number of nitriles is 1. The average Bonchev–Trinajstić information content (AvgIpc) is 2.47. The third-order valence-electron chi connectivity index (χ3n) is 2.97. The maximum atomic E-state index is 9.18. The van der Waals surface area contributed by atoms with E-state index in [1.807, 2.05) is 25.1 Å². The van der Waals surface area contributed by atoms with Gasteiger partial charge in [0.05, 0.1) is 31.2 Å². The number of aryl methyl sites for hydroxylation is 1. The van der Waals surface area contributed by atoms with E-state index < -0.39 is 0 Å². The first-order valence-corrected chi connectivity index (χ1v) is 6.17. The van der Waals surface area contributed by atoms with E-state index in [0.717, 1.165) is 17.0 Å². The lowest BCUT2D eigenvalue weighted by Crippen LogP contribution is -1.98. The first-order chi connectivity index (χ1) is 9.67. The molecule has 4 nitrogen and oxygen atoms in total. The summed E-state index contributed by atoms with van der Waals surface area (Å²) >= 11 is 0. The number of ether oxygens (including phenoxy) is 2. The van der Waals surface area contributed by atoms with Gasteiger partial charge in [0, 0.05) is 6.07 Å². The van der Waals surface area contributed by atoms with Gasteiger partial charge in [0.15, 0.2) is 0 Å². The van der Waals surface area contributed by atoms with Crippen LogP contribution in [0, 0.1) is 18.3 Å². The van der Waals surface area contributed by atoms with Gasteiger partial charge in [0.1, 0.15) is 17.6 Å². The quantitative estimate of drug-likeness (QED) is 0.920. The zero-order valence-electron chi connectivity index (χ0n) is 11.7. The van der Waals surface area contributed by atoms with Gasteiger partial charge in [-0.15, -0.1) is 0 Å². The van der Waals surface area contributed by atoms with E-state index in [9.17, 15) is 5.26 Å². The molecule has 0 heterocycles. The van der Waals surface area contributed by atoms with Crippen molar-refractivity contribution in [1.29, 1.82) is 5.26 Å². The molecule has 0 aromatic heterocycles. The minimum atomic E-state index is 0.550. The summed E-state index contributed by atoms with van der Waals surface area (Å²) < 4.78 is 10.5. The van der Waals surface area contributed by atoms with Crippen LogP contribution in [0.15, 0.2) is 36.4 Å². The van der Waals surface area contributed by atoms with Gasteiger partial charge in [0.2, 0.25) is 0 Å². The SMILES string of the molecule is COc1ccc(C#N)c(Nc2cc(C)ccc2OC)c1. The number of nitrogens with zero attached hydrogens (tertiary/aromatic N) is 1. The lowest BCUT2D eigenvalue weighted by molar-refractivity contribution is 0.414. The molecule has 2 aromatic rings. The minimum absolute atomic E-state index is 0.550. The zero-order valence-corrected chi connectivity index (χ0v) is 11.7. The van der Waals surface area contributed by atoms with E-state index in [1.54, 1.807) is 32.4 Å². The van der Waals surface area contributed by atoms with E-state index in [-0.39, 0.29) is 0 Å². The molecular weight excluding hydrogens is 252 g/mol. The van der Waals surface area contributed by atoms with E-state index in [0.29, 0.717) is 17.0 Å². The van der Waals surface area contributed by atoms with Crippen LogP contribution in [0.3, 0.4) is 0 Å². The summed E-state index contributed by atoms with van der Waals surface area (Å²) in [4.78, 5) is 0. The van der Waals surface area contributed by atoms with E-state index in [2.05, 4.69) is 11.4 Å². The lowest BCUT2D eigenvalue weighted by atomic mass is 10.1. The monoisotopic (exact) mass is 268 g/mol. The molecule has 102 valence electrons. The zero-order chi connectivity index (χ0) is 14.5. The molecule has 2 aromatic carbocycles. The van der Waals surface area contributed by atoms with Crippen molar-refractivity contribution in [1.82, 2.24) is 0 Å². The van der Waals surface area contributed by atoms with Crippen molar-refractivity contribution in [2.24, 2.45) is 0 Å². The topological polar surface area (TPSA) is 54.3 Å². The van der Waals surface area contributed by atoms with Gasteiger partial charge in [-0.05, 0) is 36.8 Å². The molecule has 0 saturated heterocycles. The Hall–Kier alpha value is -2.67. The van der Waals surface area contributed by atoms with E-state index in [1.165, 1.54) is 0 Å². The van der Waals surface area contributed by atoms with Gasteiger partial charge in [-0.25, -0.2) is 0 Å². The molecule has 20 heavy (non-hydrogen) atoms. The van der Waals surface area contributed by atoms with Crippen LogP contribution in [0.4, 0.5) is 11.4 Å². The number of rotatable bonds is 4. The summed E-state index contributed by atoms with van der Waals surface area (Å²) in [6, 6.07) is 13.3. The molecular formula is C16H16N2O2. The normalized spacial score (nSPS) is 9.70. The Labute approximate surface area is 118 Å². The Morgan fingerprint density at radius 1 is 1.00 bits per heavy atom. The van der Waals surface area contributed by atoms with Crippen molar-refractivity contribution in [3.63, 3.8) is 0 Å². The summed E-state index contributed by atoms with van der Waals surface area (Å²) in [7, 11) is 3.21. The highest BCUT2D eigenvalue weighted by molar-refractivity contribution is 5.72. The number of benzene rings is 2. The summed E-state index contributed by atoms with van der Waals surface area (Å²) in [6.45, 7) is 2.00. The van der Waals surface area contributed by atoms with Crippen molar-refractivity contribution in [2.75, 3.05) is 19.5 Å². The number of nitrogens with one attached hydrogen (secondary N) is 1. The average molecular weight is 268 g/mol.